The second-order valence-corrected chi connectivity index (χ2v) is 4.61. The summed E-state index contributed by atoms with van der Waals surface area (Å²) in [6.07, 6.45) is 8.11. The number of nitrogens with two attached hydrogens (primary N) is 1. The molecule has 6 nitrogen and oxygen atoms in total. The second-order valence-electron chi connectivity index (χ2n) is 4.61. The smallest absolute Gasteiger partial charge is 0.255 e. The molecule has 0 unspecified atom stereocenters. The Morgan fingerprint density at radius 2 is 2.16 bits per heavy atom. The van der Waals surface area contributed by atoms with Crippen molar-refractivity contribution in [2.24, 2.45) is 5.73 Å². The van der Waals surface area contributed by atoms with Crippen LogP contribution in [0.5, 0.6) is 0 Å². The quantitative estimate of drug-likeness (QED) is 0.840. The van der Waals surface area contributed by atoms with Gasteiger partial charge in [-0.1, -0.05) is 13.8 Å². The molecule has 0 aromatic carbocycles. The van der Waals surface area contributed by atoms with Crippen molar-refractivity contribution in [3.63, 3.8) is 0 Å². The summed E-state index contributed by atoms with van der Waals surface area (Å²) in [5.74, 6) is -0.155. The Labute approximate surface area is 112 Å². The average molecular weight is 261 g/mol. The first-order valence-electron chi connectivity index (χ1n) is 6.45. The van der Waals surface area contributed by atoms with Crippen molar-refractivity contribution in [3.8, 4) is 0 Å². The summed E-state index contributed by atoms with van der Waals surface area (Å²) in [4.78, 5) is 16.4. The molecule has 0 saturated carbocycles. The molecule has 0 atom stereocenters. The van der Waals surface area contributed by atoms with Gasteiger partial charge < -0.3 is 11.1 Å². The number of hydrogen-bond donors (Lipinski definition) is 2. The summed E-state index contributed by atoms with van der Waals surface area (Å²) in [7, 11) is 0. The molecular formula is C13H19N5O. The number of hydrogen-bond acceptors (Lipinski definition) is 4. The van der Waals surface area contributed by atoms with Gasteiger partial charge in [-0.25, -0.2) is 4.52 Å². The number of nitrogens with zero attached hydrogens (tertiary/aromatic N) is 3. The summed E-state index contributed by atoms with van der Waals surface area (Å²) in [6, 6.07) is 0. The third-order valence-corrected chi connectivity index (χ3v) is 3.69. The third-order valence-electron chi connectivity index (χ3n) is 3.69. The van der Waals surface area contributed by atoms with Crippen LogP contribution in [0.15, 0.2) is 24.8 Å². The molecule has 2 heterocycles. The van der Waals surface area contributed by atoms with Gasteiger partial charge in [0.2, 0.25) is 0 Å². The van der Waals surface area contributed by atoms with Crippen LogP contribution in [0.25, 0.3) is 5.52 Å². The molecule has 0 fully saturated rings. The molecule has 0 bridgehead atoms. The van der Waals surface area contributed by atoms with Gasteiger partial charge in [0.05, 0.1) is 29.0 Å². The molecule has 19 heavy (non-hydrogen) atoms. The Bertz CT molecular complexity index is 565. The molecule has 0 aliphatic carbocycles. The van der Waals surface area contributed by atoms with E-state index in [0.717, 1.165) is 12.8 Å². The lowest BCUT2D eigenvalue weighted by Gasteiger charge is -2.31. The van der Waals surface area contributed by atoms with Gasteiger partial charge in [0, 0.05) is 18.9 Å². The van der Waals surface area contributed by atoms with Gasteiger partial charge in [-0.15, -0.1) is 0 Å². The first kappa shape index (κ1) is 13.5. The molecule has 6 heteroatoms. The van der Waals surface area contributed by atoms with Crippen LogP contribution in [-0.4, -0.2) is 32.6 Å². The number of aromatic nitrogens is 3. The lowest BCUT2D eigenvalue weighted by Crippen LogP contribution is -2.52. The third kappa shape index (κ3) is 2.44. The molecule has 0 aliphatic rings. The largest absolute Gasteiger partial charge is 0.345 e. The second kappa shape index (κ2) is 5.36. The fraction of sp³-hybridized carbons (Fsp3) is 0.462. The maximum atomic E-state index is 12.4. The van der Waals surface area contributed by atoms with Crippen LogP contribution in [0.1, 0.15) is 37.0 Å². The standard InChI is InChI=1S/C13H19N5O/c1-3-13(4-2,9-14)17-12(19)10-7-16-18-6-5-15-8-11(10)18/h5-8H,3-4,9,14H2,1-2H3,(H,17,19). The van der Waals surface area contributed by atoms with Crippen LogP contribution in [-0.2, 0) is 0 Å². The van der Waals surface area contributed by atoms with Gasteiger partial charge >= 0.3 is 0 Å². The van der Waals surface area contributed by atoms with Crippen molar-refractivity contribution in [2.75, 3.05) is 6.54 Å². The normalized spacial score (nSPS) is 11.7. The minimum absolute atomic E-state index is 0.155. The Morgan fingerprint density at radius 1 is 1.42 bits per heavy atom. The summed E-state index contributed by atoms with van der Waals surface area (Å²) < 4.78 is 1.63. The molecular weight excluding hydrogens is 242 g/mol. The van der Waals surface area contributed by atoms with Crippen molar-refractivity contribution in [1.82, 2.24) is 19.9 Å². The number of amides is 1. The van der Waals surface area contributed by atoms with Gasteiger partial charge in [0.25, 0.3) is 5.91 Å². The van der Waals surface area contributed by atoms with Gasteiger partial charge in [0.1, 0.15) is 0 Å². The van der Waals surface area contributed by atoms with E-state index in [-0.39, 0.29) is 11.4 Å². The van der Waals surface area contributed by atoms with Crippen LogP contribution in [0.4, 0.5) is 0 Å². The highest BCUT2D eigenvalue weighted by Crippen LogP contribution is 2.16. The SMILES string of the molecule is CCC(CC)(CN)NC(=O)c1cnn2ccncc12. The summed E-state index contributed by atoms with van der Waals surface area (Å²) in [5, 5.41) is 7.16. The van der Waals surface area contributed by atoms with Crippen LogP contribution < -0.4 is 11.1 Å². The van der Waals surface area contributed by atoms with Crippen LogP contribution in [0, 0.1) is 0 Å². The Kier molecular flexibility index (Phi) is 3.80. The summed E-state index contributed by atoms with van der Waals surface area (Å²) >= 11 is 0. The highest BCUT2D eigenvalue weighted by molar-refractivity contribution is 6.00. The van der Waals surface area contributed by atoms with E-state index in [1.54, 1.807) is 29.3 Å². The fourth-order valence-electron chi connectivity index (χ4n) is 2.08. The zero-order valence-corrected chi connectivity index (χ0v) is 11.3. The Balaban J connectivity index is 2.29. The van der Waals surface area contributed by atoms with E-state index in [2.05, 4.69) is 15.4 Å². The highest BCUT2D eigenvalue weighted by Gasteiger charge is 2.27. The van der Waals surface area contributed by atoms with Gasteiger partial charge in [-0.3, -0.25) is 9.78 Å². The average Bonchev–Trinajstić information content (AvgIpc) is 2.89. The monoisotopic (exact) mass is 261 g/mol. The van der Waals surface area contributed by atoms with E-state index in [4.69, 9.17) is 5.73 Å². The van der Waals surface area contributed by atoms with Crippen molar-refractivity contribution < 1.29 is 4.79 Å². The molecule has 2 rings (SSSR count). The van der Waals surface area contributed by atoms with E-state index < -0.39 is 0 Å². The molecule has 0 saturated heterocycles. The lowest BCUT2D eigenvalue weighted by molar-refractivity contribution is 0.0897. The molecule has 2 aromatic rings. The number of fused-ring (bicyclic) bond motifs is 1. The number of nitrogens with one attached hydrogen (secondary N) is 1. The molecule has 0 radical (unpaired) electrons. The van der Waals surface area contributed by atoms with Crippen molar-refractivity contribution in [1.29, 1.82) is 0 Å². The van der Waals surface area contributed by atoms with E-state index in [1.165, 1.54) is 0 Å². The van der Waals surface area contributed by atoms with Crippen LogP contribution in [0.2, 0.25) is 0 Å². The Hall–Kier alpha value is -1.95. The molecule has 102 valence electrons. The van der Waals surface area contributed by atoms with Crippen molar-refractivity contribution in [2.45, 2.75) is 32.2 Å². The first-order chi connectivity index (χ1) is 9.15. The zero-order valence-electron chi connectivity index (χ0n) is 11.3. The van der Waals surface area contributed by atoms with E-state index >= 15 is 0 Å². The molecule has 1 amide bonds. The van der Waals surface area contributed by atoms with Crippen LogP contribution in [0.3, 0.4) is 0 Å². The predicted molar refractivity (Wildman–Crippen MR) is 72.8 cm³/mol. The zero-order chi connectivity index (χ0) is 13.9. The minimum atomic E-state index is -0.354. The van der Waals surface area contributed by atoms with Crippen molar-refractivity contribution in [3.05, 3.63) is 30.4 Å². The van der Waals surface area contributed by atoms with E-state index in [9.17, 15) is 4.79 Å². The molecule has 0 spiro atoms. The lowest BCUT2D eigenvalue weighted by atomic mass is 9.92. The van der Waals surface area contributed by atoms with Crippen LogP contribution >= 0.6 is 0 Å². The maximum absolute atomic E-state index is 12.4. The Morgan fingerprint density at radius 3 is 2.79 bits per heavy atom. The van der Waals surface area contributed by atoms with E-state index in [1.807, 2.05) is 13.8 Å². The maximum Gasteiger partial charge on any atom is 0.255 e. The number of carbonyl (C=O) groups excluding carboxylic acids is 1. The minimum Gasteiger partial charge on any atom is -0.345 e. The van der Waals surface area contributed by atoms with Gasteiger partial charge in [-0.05, 0) is 12.8 Å². The molecule has 2 aromatic heterocycles. The topological polar surface area (TPSA) is 85.3 Å². The molecule has 0 aliphatic heterocycles. The number of rotatable bonds is 5. The highest BCUT2D eigenvalue weighted by atomic mass is 16.1. The summed E-state index contributed by atoms with van der Waals surface area (Å²) in [6.45, 7) is 4.46. The van der Waals surface area contributed by atoms with Gasteiger partial charge in [0.15, 0.2) is 0 Å². The fourth-order valence-corrected chi connectivity index (χ4v) is 2.08. The molecule has 3 N–H and O–H groups in total. The van der Waals surface area contributed by atoms with Crippen molar-refractivity contribution >= 4 is 11.4 Å². The van der Waals surface area contributed by atoms with E-state index in [0.29, 0.717) is 17.6 Å². The summed E-state index contributed by atoms with van der Waals surface area (Å²) in [5.41, 5.74) is 6.66. The first-order valence-corrected chi connectivity index (χ1v) is 6.45. The predicted octanol–water partition coefficient (Wildman–Crippen LogP) is 0.977. The van der Waals surface area contributed by atoms with Gasteiger partial charge in [-0.2, -0.15) is 5.10 Å². The number of carbonyl (C=O) groups is 1.